The van der Waals surface area contributed by atoms with E-state index < -0.39 is 17.5 Å². The van der Waals surface area contributed by atoms with E-state index in [-0.39, 0.29) is 6.61 Å². The summed E-state index contributed by atoms with van der Waals surface area (Å²) in [5.41, 5.74) is 0.342. The van der Waals surface area contributed by atoms with Crippen LogP contribution < -0.4 is 4.74 Å². The Morgan fingerprint density at radius 2 is 1.80 bits per heavy atom. The van der Waals surface area contributed by atoms with Crippen molar-refractivity contribution in [1.82, 2.24) is 0 Å². The number of alkyl halides is 3. The number of hydrogen-bond donors (Lipinski definition) is 1. The highest BCUT2D eigenvalue weighted by molar-refractivity contribution is 5.38. The van der Waals surface area contributed by atoms with Gasteiger partial charge in [-0.05, 0) is 30.7 Å². The molecule has 0 heterocycles. The molecular weight excluding hydrogens is 269 g/mol. The van der Waals surface area contributed by atoms with Crippen molar-refractivity contribution >= 4 is 0 Å². The summed E-state index contributed by atoms with van der Waals surface area (Å²) in [5.74, 6) is 0.209. The van der Waals surface area contributed by atoms with E-state index in [1.54, 1.807) is 12.1 Å². The number of aryl methyl sites for hydroxylation is 1. The number of aromatic hydroxyl groups is 1. The predicted octanol–water partition coefficient (Wildman–Crippen LogP) is 4.30. The first kappa shape index (κ1) is 14.2. The van der Waals surface area contributed by atoms with Crippen molar-refractivity contribution in [3.05, 3.63) is 59.2 Å². The van der Waals surface area contributed by atoms with Crippen LogP contribution in [0, 0.1) is 6.92 Å². The van der Waals surface area contributed by atoms with Gasteiger partial charge in [-0.3, -0.25) is 0 Å². The average molecular weight is 282 g/mol. The van der Waals surface area contributed by atoms with Gasteiger partial charge in [-0.25, -0.2) is 0 Å². The second kappa shape index (κ2) is 5.45. The lowest BCUT2D eigenvalue weighted by atomic mass is 10.1. The number of para-hydroxylation sites is 1. The van der Waals surface area contributed by atoms with Gasteiger partial charge in [-0.1, -0.05) is 24.3 Å². The molecule has 0 atom stereocenters. The Labute approximate surface area is 114 Å². The first-order valence-electron chi connectivity index (χ1n) is 5.95. The lowest BCUT2D eigenvalue weighted by Gasteiger charge is -2.12. The van der Waals surface area contributed by atoms with Crippen LogP contribution in [0.15, 0.2) is 42.5 Å². The van der Waals surface area contributed by atoms with Gasteiger partial charge in [-0.15, -0.1) is 0 Å². The summed E-state index contributed by atoms with van der Waals surface area (Å²) in [6, 6.07) is 10.1. The van der Waals surface area contributed by atoms with Gasteiger partial charge in [-0.2, -0.15) is 13.2 Å². The molecule has 106 valence electrons. The molecule has 2 nitrogen and oxygen atoms in total. The Morgan fingerprint density at radius 3 is 2.40 bits per heavy atom. The minimum Gasteiger partial charge on any atom is -0.508 e. The number of hydrogen-bond acceptors (Lipinski definition) is 2. The number of ether oxygens (including phenoxy) is 1. The third-order valence-corrected chi connectivity index (χ3v) is 2.89. The largest absolute Gasteiger partial charge is 0.508 e. The fourth-order valence-corrected chi connectivity index (χ4v) is 1.74. The van der Waals surface area contributed by atoms with Gasteiger partial charge >= 0.3 is 6.18 Å². The minimum atomic E-state index is -4.47. The zero-order valence-corrected chi connectivity index (χ0v) is 10.7. The van der Waals surface area contributed by atoms with Gasteiger partial charge in [0, 0.05) is 5.56 Å². The number of rotatable bonds is 3. The Morgan fingerprint density at radius 1 is 1.10 bits per heavy atom. The third-order valence-electron chi connectivity index (χ3n) is 2.89. The van der Waals surface area contributed by atoms with Crippen LogP contribution in [0.5, 0.6) is 11.5 Å². The van der Waals surface area contributed by atoms with Crippen molar-refractivity contribution in [2.24, 2.45) is 0 Å². The standard InChI is InChI=1S/C15H13F3O2/c1-10-4-2-3-5-14(10)20-9-11-6-7-12(8-13(11)19)15(16,17)18/h2-8,19H,9H2,1H3. The van der Waals surface area contributed by atoms with E-state index in [1.165, 1.54) is 6.07 Å². The van der Waals surface area contributed by atoms with Crippen molar-refractivity contribution in [2.75, 3.05) is 0 Å². The monoisotopic (exact) mass is 282 g/mol. The molecule has 0 aliphatic rings. The summed E-state index contributed by atoms with van der Waals surface area (Å²) in [6.45, 7) is 1.87. The minimum absolute atomic E-state index is 0.00875. The average Bonchev–Trinajstić information content (AvgIpc) is 2.38. The number of phenols is 1. The van der Waals surface area contributed by atoms with Crippen LogP contribution in [-0.4, -0.2) is 5.11 Å². The quantitative estimate of drug-likeness (QED) is 0.909. The molecule has 0 saturated heterocycles. The van der Waals surface area contributed by atoms with Crippen LogP contribution in [0.2, 0.25) is 0 Å². The van der Waals surface area contributed by atoms with E-state index in [9.17, 15) is 18.3 Å². The highest BCUT2D eigenvalue weighted by Gasteiger charge is 2.31. The summed E-state index contributed by atoms with van der Waals surface area (Å²) in [5, 5.41) is 9.62. The van der Waals surface area contributed by atoms with Crippen LogP contribution in [-0.2, 0) is 12.8 Å². The van der Waals surface area contributed by atoms with Crippen LogP contribution in [0.4, 0.5) is 13.2 Å². The highest BCUT2D eigenvalue weighted by Crippen LogP contribution is 2.33. The topological polar surface area (TPSA) is 29.5 Å². The molecule has 0 aliphatic heterocycles. The molecule has 0 saturated carbocycles. The maximum atomic E-state index is 12.5. The van der Waals surface area contributed by atoms with E-state index in [2.05, 4.69) is 0 Å². The van der Waals surface area contributed by atoms with Gasteiger partial charge in [0.05, 0.1) is 5.56 Å². The highest BCUT2D eigenvalue weighted by atomic mass is 19.4. The van der Waals surface area contributed by atoms with Crippen LogP contribution in [0.1, 0.15) is 16.7 Å². The lowest BCUT2D eigenvalue weighted by Crippen LogP contribution is -2.05. The van der Waals surface area contributed by atoms with Gasteiger partial charge in [0.15, 0.2) is 0 Å². The lowest BCUT2D eigenvalue weighted by molar-refractivity contribution is -0.137. The van der Waals surface area contributed by atoms with Gasteiger partial charge < -0.3 is 9.84 Å². The second-order valence-electron chi connectivity index (χ2n) is 4.40. The number of halogens is 3. The van der Waals surface area contributed by atoms with Gasteiger partial charge in [0.25, 0.3) is 0 Å². The zero-order valence-electron chi connectivity index (χ0n) is 10.7. The Kier molecular flexibility index (Phi) is 3.88. The summed E-state index contributed by atoms with van der Waals surface area (Å²) in [6.07, 6.45) is -4.47. The van der Waals surface area contributed by atoms with Crippen molar-refractivity contribution < 1.29 is 23.0 Å². The molecule has 0 fully saturated rings. The van der Waals surface area contributed by atoms with Gasteiger partial charge in [0.2, 0.25) is 0 Å². The third kappa shape index (κ3) is 3.23. The molecular formula is C15H13F3O2. The van der Waals surface area contributed by atoms with Crippen molar-refractivity contribution in [2.45, 2.75) is 19.7 Å². The van der Waals surface area contributed by atoms with Crippen molar-refractivity contribution in [3.63, 3.8) is 0 Å². The molecule has 5 heteroatoms. The van der Waals surface area contributed by atoms with Gasteiger partial charge in [0.1, 0.15) is 18.1 Å². The van der Waals surface area contributed by atoms with E-state index in [1.807, 2.05) is 19.1 Å². The predicted molar refractivity (Wildman–Crippen MR) is 68.6 cm³/mol. The first-order chi connectivity index (χ1) is 9.38. The molecule has 0 radical (unpaired) electrons. The fraction of sp³-hybridized carbons (Fsp3) is 0.200. The number of benzene rings is 2. The molecule has 0 aliphatic carbocycles. The Hall–Kier alpha value is -2.17. The van der Waals surface area contributed by atoms with Crippen LogP contribution >= 0.6 is 0 Å². The first-order valence-corrected chi connectivity index (χ1v) is 5.95. The fourth-order valence-electron chi connectivity index (χ4n) is 1.74. The molecule has 0 bridgehead atoms. The zero-order chi connectivity index (χ0) is 14.8. The van der Waals surface area contributed by atoms with E-state index in [0.717, 1.165) is 11.6 Å². The van der Waals surface area contributed by atoms with Crippen molar-refractivity contribution in [3.8, 4) is 11.5 Å². The molecule has 0 aromatic heterocycles. The molecule has 0 amide bonds. The van der Waals surface area contributed by atoms with Crippen LogP contribution in [0.3, 0.4) is 0 Å². The molecule has 0 spiro atoms. The molecule has 2 aromatic rings. The number of phenolic OH excluding ortho intramolecular Hbond substituents is 1. The molecule has 20 heavy (non-hydrogen) atoms. The summed E-state index contributed by atoms with van der Waals surface area (Å²) < 4.78 is 42.9. The molecule has 0 unspecified atom stereocenters. The van der Waals surface area contributed by atoms with E-state index >= 15 is 0 Å². The van der Waals surface area contributed by atoms with E-state index in [0.29, 0.717) is 17.4 Å². The molecule has 2 aromatic carbocycles. The molecule has 1 N–H and O–H groups in total. The molecule has 2 rings (SSSR count). The van der Waals surface area contributed by atoms with Crippen LogP contribution in [0.25, 0.3) is 0 Å². The van der Waals surface area contributed by atoms with E-state index in [4.69, 9.17) is 4.74 Å². The normalized spacial score (nSPS) is 11.4. The summed E-state index contributed by atoms with van der Waals surface area (Å²) >= 11 is 0. The summed E-state index contributed by atoms with van der Waals surface area (Å²) in [7, 11) is 0. The van der Waals surface area contributed by atoms with Crippen molar-refractivity contribution in [1.29, 1.82) is 0 Å². The SMILES string of the molecule is Cc1ccccc1OCc1ccc(C(F)(F)F)cc1O. The smallest absolute Gasteiger partial charge is 0.416 e. The Balaban J connectivity index is 2.13. The second-order valence-corrected chi connectivity index (χ2v) is 4.40. The maximum absolute atomic E-state index is 12.5. The maximum Gasteiger partial charge on any atom is 0.416 e. The Bertz CT molecular complexity index is 606. The summed E-state index contributed by atoms with van der Waals surface area (Å²) in [4.78, 5) is 0.